The highest BCUT2D eigenvalue weighted by molar-refractivity contribution is 7.99. The number of hydrogen-bond acceptors (Lipinski definition) is 7. The first-order valence-electron chi connectivity index (χ1n) is 7.37. The summed E-state index contributed by atoms with van der Waals surface area (Å²) in [7, 11) is 0. The van der Waals surface area contributed by atoms with Gasteiger partial charge in [-0.1, -0.05) is 11.8 Å². The van der Waals surface area contributed by atoms with Crippen LogP contribution in [0.25, 0.3) is 5.78 Å². The van der Waals surface area contributed by atoms with Gasteiger partial charge >= 0.3 is 0 Å². The topological polar surface area (TPSA) is 111 Å². The lowest BCUT2D eigenvalue weighted by atomic mass is 10.3. The normalized spacial score (nSPS) is 12.5. The second-order valence-electron chi connectivity index (χ2n) is 5.32. The van der Waals surface area contributed by atoms with Crippen molar-refractivity contribution in [3.63, 3.8) is 0 Å². The van der Waals surface area contributed by atoms with Gasteiger partial charge in [0.1, 0.15) is 0 Å². The monoisotopic (exact) mass is 359 g/mol. The standard InChI is InChI=1S/C15H13N5O4S/c1-8-4-12(21)17-14-18-19-15(20(8)14)25-6-13(22)16-9-2-3-10-11(5-9)24-7-23-10/h2-5H,6-7H2,1H3,(H,16,22)(H,17,18,21). The Labute approximate surface area is 145 Å². The number of rotatable bonds is 4. The maximum Gasteiger partial charge on any atom is 0.252 e. The lowest BCUT2D eigenvalue weighted by molar-refractivity contribution is -0.113. The third-order valence-corrected chi connectivity index (χ3v) is 4.48. The zero-order valence-corrected chi connectivity index (χ0v) is 13.9. The number of nitrogens with zero attached hydrogens (tertiary/aromatic N) is 3. The summed E-state index contributed by atoms with van der Waals surface area (Å²) in [6.07, 6.45) is 0. The molecule has 10 heteroatoms. The van der Waals surface area contributed by atoms with Crippen molar-refractivity contribution in [3.8, 4) is 11.5 Å². The molecule has 2 N–H and O–H groups in total. The fraction of sp³-hybridized carbons (Fsp3) is 0.200. The Hall–Kier alpha value is -3.01. The Balaban J connectivity index is 1.45. The van der Waals surface area contributed by atoms with E-state index in [0.29, 0.717) is 33.8 Å². The number of carbonyl (C=O) groups excluding carboxylic acids is 1. The summed E-state index contributed by atoms with van der Waals surface area (Å²) in [5, 5.41) is 11.3. The van der Waals surface area contributed by atoms with Crippen molar-refractivity contribution in [2.75, 3.05) is 17.9 Å². The summed E-state index contributed by atoms with van der Waals surface area (Å²) in [5.74, 6) is 1.57. The Morgan fingerprint density at radius 3 is 3.04 bits per heavy atom. The summed E-state index contributed by atoms with van der Waals surface area (Å²) < 4.78 is 12.2. The highest BCUT2D eigenvalue weighted by Crippen LogP contribution is 2.34. The molecule has 3 heterocycles. The maximum atomic E-state index is 12.2. The molecule has 2 aromatic heterocycles. The minimum atomic E-state index is -0.241. The average molecular weight is 359 g/mol. The quantitative estimate of drug-likeness (QED) is 0.673. The first kappa shape index (κ1) is 15.5. The van der Waals surface area contributed by atoms with Crippen molar-refractivity contribution in [2.45, 2.75) is 12.1 Å². The minimum absolute atomic E-state index is 0.147. The van der Waals surface area contributed by atoms with Gasteiger partial charge in [-0.15, -0.1) is 10.2 Å². The summed E-state index contributed by atoms with van der Waals surface area (Å²) >= 11 is 1.23. The van der Waals surface area contributed by atoms with Gasteiger partial charge in [0.2, 0.25) is 18.5 Å². The molecule has 0 bridgehead atoms. The highest BCUT2D eigenvalue weighted by Gasteiger charge is 2.15. The van der Waals surface area contributed by atoms with Crippen molar-refractivity contribution < 1.29 is 14.3 Å². The zero-order chi connectivity index (χ0) is 17.4. The van der Waals surface area contributed by atoms with E-state index in [1.165, 1.54) is 17.8 Å². The lowest BCUT2D eigenvalue weighted by Crippen LogP contribution is -2.14. The number of hydrogen-bond donors (Lipinski definition) is 2. The van der Waals surface area contributed by atoms with E-state index in [4.69, 9.17) is 9.47 Å². The molecule has 3 aromatic rings. The smallest absolute Gasteiger partial charge is 0.252 e. The van der Waals surface area contributed by atoms with Crippen molar-refractivity contribution in [1.29, 1.82) is 0 Å². The summed E-state index contributed by atoms with van der Waals surface area (Å²) in [5.41, 5.74) is 1.08. The molecule has 0 aliphatic carbocycles. The number of carbonyl (C=O) groups is 1. The fourth-order valence-corrected chi connectivity index (χ4v) is 3.25. The molecule has 0 unspecified atom stereocenters. The van der Waals surface area contributed by atoms with Gasteiger partial charge in [-0.05, 0) is 19.1 Å². The third kappa shape index (κ3) is 3.03. The Kier molecular flexibility index (Phi) is 3.80. The molecule has 0 atom stereocenters. The number of anilines is 1. The average Bonchev–Trinajstić information content (AvgIpc) is 3.19. The zero-order valence-electron chi connectivity index (χ0n) is 13.1. The van der Waals surface area contributed by atoms with Gasteiger partial charge in [0.05, 0.1) is 5.75 Å². The minimum Gasteiger partial charge on any atom is -0.454 e. The summed E-state index contributed by atoms with van der Waals surface area (Å²) in [4.78, 5) is 26.2. The van der Waals surface area contributed by atoms with E-state index in [1.807, 2.05) is 0 Å². The molecule has 0 saturated heterocycles. The Bertz CT molecular complexity index is 1030. The molecule has 1 aliphatic heterocycles. The maximum absolute atomic E-state index is 12.2. The van der Waals surface area contributed by atoms with E-state index < -0.39 is 0 Å². The molecule has 0 radical (unpaired) electrons. The van der Waals surface area contributed by atoms with E-state index >= 15 is 0 Å². The predicted molar refractivity (Wildman–Crippen MR) is 90.3 cm³/mol. The van der Waals surface area contributed by atoms with Crippen LogP contribution in [0.5, 0.6) is 11.5 Å². The number of H-pyrrole nitrogens is 1. The molecule has 0 spiro atoms. The molecule has 1 aromatic carbocycles. The van der Waals surface area contributed by atoms with Crippen LogP contribution in [0.15, 0.2) is 34.2 Å². The van der Waals surface area contributed by atoms with Gasteiger partial charge in [-0.2, -0.15) is 0 Å². The molecule has 0 fully saturated rings. The van der Waals surface area contributed by atoms with Gasteiger partial charge < -0.3 is 14.8 Å². The van der Waals surface area contributed by atoms with Gasteiger partial charge in [0.15, 0.2) is 16.7 Å². The molecule has 25 heavy (non-hydrogen) atoms. The fourth-order valence-electron chi connectivity index (χ4n) is 2.46. The molecule has 1 amide bonds. The number of benzene rings is 1. The number of thioether (sulfide) groups is 1. The second kappa shape index (κ2) is 6.13. The number of nitrogens with one attached hydrogen (secondary N) is 2. The second-order valence-corrected chi connectivity index (χ2v) is 6.26. The molecule has 1 aliphatic rings. The molecular formula is C15H13N5O4S. The SMILES string of the molecule is Cc1cc(=O)[nH]c2nnc(SCC(=O)Nc3ccc4c(c3)OCO4)n12. The highest BCUT2D eigenvalue weighted by atomic mass is 32.2. The van der Waals surface area contributed by atoms with Crippen LogP contribution in [0.4, 0.5) is 5.69 Å². The van der Waals surface area contributed by atoms with E-state index in [2.05, 4.69) is 20.5 Å². The number of ether oxygens (including phenoxy) is 2. The number of fused-ring (bicyclic) bond motifs is 2. The third-order valence-electron chi connectivity index (χ3n) is 3.55. The van der Waals surface area contributed by atoms with Crippen molar-refractivity contribution in [2.24, 2.45) is 0 Å². The van der Waals surface area contributed by atoms with Crippen LogP contribution in [-0.4, -0.2) is 38.0 Å². The molecule has 9 nitrogen and oxygen atoms in total. The van der Waals surface area contributed by atoms with E-state index in [0.717, 1.165) is 0 Å². The Morgan fingerprint density at radius 1 is 1.32 bits per heavy atom. The molecule has 0 saturated carbocycles. The largest absolute Gasteiger partial charge is 0.454 e. The van der Waals surface area contributed by atoms with Gasteiger partial charge in [-0.3, -0.25) is 19.0 Å². The van der Waals surface area contributed by atoms with Crippen molar-refractivity contribution >= 4 is 29.1 Å². The lowest BCUT2D eigenvalue weighted by Gasteiger charge is -2.06. The molecule has 128 valence electrons. The number of amides is 1. The van der Waals surface area contributed by atoms with Crippen LogP contribution in [0.1, 0.15) is 5.69 Å². The van der Waals surface area contributed by atoms with Gasteiger partial charge in [0, 0.05) is 23.5 Å². The molecule has 4 rings (SSSR count). The van der Waals surface area contributed by atoms with Crippen LogP contribution in [0, 0.1) is 6.92 Å². The van der Waals surface area contributed by atoms with Gasteiger partial charge in [-0.25, -0.2) is 0 Å². The summed E-state index contributed by atoms with van der Waals surface area (Å²) in [6, 6.07) is 6.66. The Morgan fingerprint density at radius 2 is 2.16 bits per heavy atom. The van der Waals surface area contributed by atoms with Crippen LogP contribution >= 0.6 is 11.8 Å². The summed E-state index contributed by atoms with van der Waals surface area (Å²) in [6.45, 7) is 1.96. The van der Waals surface area contributed by atoms with E-state index in [1.54, 1.807) is 29.5 Å². The predicted octanol–water partition coefficient (Wildman–Crippen LogP) is 1.19. The van der Waals surface area contributed by atoms with Crippen LogP contribution in [-0.2, 0) is 4.79 Å². The number of aromatic nitrogens is 4. The van der Waals surface area contributed by atoms with Crippen LogP contribution in [0.2, 0.25) is 0 Å². The van der Waals surface area contributed by atoms with E-state index in [9.17, 15) is 9.59 Å². The van der Waals surface area contributed by atoms with Crippen LogP contribution < -0.4 is 20.3 Å². The van der Waals surface area contributed by atoms with E-state index in [-0.39, 0.29) is 24.0 Å². The number of aromatic amines is 1. The molecular weight excluding hydrogens is 346 g/mol. The van der Waals surface area contributed by atoms with Crippen molar-refractivity contribution in [3.05, 3.63) is 40.3 Å². The first-order valence-corrected chi connectivity index (χ1v) is 8.36. The van der Waals surface area contributed by atoms with Crippen molar-refractivity contribution in [1.82, 2.24) is 19.6 Å². The van der Waals surface area contributed by atoms with Gasteiger partial charge in [0.25, 0.3) is 5.56 Å². The first-order chi connectivity index (χ1) is 12.1. The van der Waals surface area contributed by atoms with Crippen LogP contribution in [0.3, 0.4) is 0 Å². The number of aryl methyl sites for hydroxylation is 1.